The highest BCUT2D eigenvalue weighted by molar-refractivity contribution is 5.36. The fourth-order valence-corrected chi connectivity index (χ4v) is 1.16. The number of carbonyl (C=O) groups excluding carboxylic acids is 1. The molecule has 1 aliphatic carbocycles. The van der Waals surface area contributed by atoms with E-state index in [0.717, 1.165) is 25.0 Å². The van der Waals surface area contributed by atoms with Crippen molar-refractivity contribution in [1.82, 2.24) is 0 Å². The van der Waals surface area contributed by atoms with E-state index in [4.69, 9.17) is 0 Å². The van der Waals surface area contributed by atoms with Crippen LogP contribution in [-0.4, -0.2) is 6.08 Å². The van der Waals surface area contributed by atoms with Crippen LogP contribution < -0.4 is 0 Å². The third-order valence-electron chi connectivity index (χ3n) is 1.71. The highest BCUT2D eigenvalue weighted by atomic mass is 16.1. The molecule has 54 valence electrons. The van der Waals surface area contributed by atoms with Crippen LogP contribution in [0.1, 0.15) is 32.1 Å². The summed E-state index contributed by atoms with van der Waals surface area (Å²) in [5.41, 5.74) is 0.924. The monoisotopic (exact) mass is 137 g/mol. The SMILES string of the molecule is O=C=NC1=CCCCCC1. The Morgan fingerprint density at radius 1 is 1.40 bits per heavy atom. The van der Waals surface area contributed by atoms with Crippen LogP contribution in [0.5, 0.6) is 0 Å². The topological polar surface area (TPSA) is 29.4 Å². The van der Waals surface area contributed by atoms with Gasteiger partial charge in [-0.1, -0.05) is 12.5 Å². The Morgan fingerprint density at radius 3 is 3.10 bits per heavy atom. The molecule has 0 saturated heterocycles. The number of allylic oxidation sites excluding steroid dienone is 2. The molecule has 0 aromatic carbocycles. The Labute approximate surface area is 60.7 Å². The first-order valence-electron chi connectivity index (χ1n) is 3.70. The van der Waals surface area contributed by atoms with Crippen molar-refractivity contribution < 1.29 is 4.79 Å². The number of nitrogens with zero attached hydrogens (tertiary/aromatic N) is 1. The Balaban J connectivity index is 2.54. The van der Waals surface area contributed by atoms with Crippen LogP contribution in [0.3, 0.4) is 0 Å². The molecule has 1 rings (SSSR count). The second-order valence-electron chi connectivity index (χ2n) is 2.50. The van der Waals surface area contributed by atoms with Crippen molar-refractivity contribution in [2.24, 2.45) is 4.99 Å². The van der Waals surface area contributed by atoms with Gasteiger partial charge in [0.05, 0.1) is 0 Å². The van der Waals surface area contributed by atoms with E-state index in [9.17, 15) is 4.79 Å². The van der Waals surface area contributed by atoms with E-state index in [1.807, 2.05) is 6.08 Å². The predicted octanol–water partition coefficient (Wildman–Crippen LogP) is 2.17. The van der Waals surface area contributed by atoms with Gasteiger partial charge >= 0.3 is 0 Å². The quantitative estimate of drug-likeness (QED) is 0.402. The molecule has 0 spiro atoms. The lowest BCUT2D eigenvalue weighted by atomic mass is 10.2. The fourth-order valence-electron chi connectivity index (χ4n) is 1.16. The van der Waals surface area contributed by atoms with Crippen molar-refractivity contribution in [3.63, 3.8) is 0 Å². The molecule has 0 fully saturated rings. The van der Waals surface area contributed by atoms with Gasteiger partial charge in [-0.3, -0.25) is 0 Å². The number of hydrogen-bond acceptors (Lipinski definition) is 2. The zero-order chi connectivity index (χ0) is 7.23. The third-order valence-corrected chi connectivity index (χ3v) is 1.71. The number of aliphatic imine (C=N–C) groups is 1. The minimum atomic E-state index is 0.924. The van der Waals surface area contributed by atoms with Gasteiger partial charge in [-0.25, -0.2) is 4.79 Å². The minimum Gasteiger partial charge on any atom is -0.211 e. The van der Waals surface area contributed by atoms with Gasteiger partial charge in [0, 0.05) is 5.70 Å². The summed E-state index contributed by atoms with van der Waals surface area (Å²) >= 11 is 0. The first-order chi connectivity index (χ1) is 4.93. The average molecular weight is 137 g/mol. The van der Waals surface area contributed by atoms with Gasteiger partial charge in [0.1, 0.15) is 0 Å². The first-order valence-corrected chi connectivity index (χ1v) is 3.70. The van der Waals surface area contributed by atoms with E-state index in [0.29, 0.717) is 0 Å². The van der Waals surface area contributed by atoms with Crippen LogP contribution in [0.15, 0.2) is 16.8 Å². The molecule has 0 saturated carbocycles. The van der Waals surface area contributed by atoms with E-state index in [2.05, 4.69) is 4.99 Å². The van der Waals surface area contributed by atoms with Gasteiger partial charge in [0.15, 0.2) is 0 Å². The molecule has 0 aromatic heterocycles. The third kappa shape index (κ3) is 2.16. The molecule has 0 unspecified atom stereocenters. The molecule has 0 amide bonds. The summed E-state index contributed by atoms with van der Waals surface area (Å²) in [5.74, 6) is 0. The standard InChI is InChI=1S/C8H11NO/c10-7-9-8-5-3-1-2-4-6-8/h5H,1-4,6H2. The van der Waals surface area contributed by atoms with Crippen molar-refractivity contribution >= 4 is 6.08 Å². The zero-order valence-corrected chi connectivity index (χ0v) is 5.97. The Morgan fingerprint density at radius 2 is 2.30 bits per heavy atom. The van der Waals surface area contributed by atoms with Crippen molar-refractivity contribution in [2.45, 2.75) is 32.1 Å². The first kappa shape index (κ1) is 7.23. The Hall–Kier alpha value is -0.880. The summed E-state index contributed by atoms with van der Waals surface area (Å²) in [7, 11) is 0. The van der Waals surface area contributed by atoms with Crippen LogP contribution in [0.25, 0.3) is 0 Å². The number of hydrogen-bond donors (Lipinski definition) is 0. The Bertz CT molecular complexity index is 178. The molecule has 10 heavy (non-hydrogen) atoms. The normalized spacial score (nSPS) is 18.6. The molecular formula is C8H11NO. The van der Waals surface area contributed by atoms with Crippen LogP contribution in [-0.2, 0) is 4.79 Å². The van der Waals surface area contributed by atoms with Crippen LogP contribution >= 0.6 is 0 Å². The van der Waals surface area contributed by atoms with Crippen LogP contribution in [0.4, 0.5) is 0 Å². The molecular weight excluding hydrogens is 126 g/mol. The predicted molar refractivity (Wildman–Crippen MR) is 39.3 cm³/mol. The summed E-state index contributed by atoms with van der Waals surface area (Å²) in [6, 6.07) is 0. The lowest BCUT2D eigenvalue weighted by Crippen LogP contribution is -1.75. The van der Waals surface area contributed by atoms with Crippen molar-refractivity contribution in [1.29, 1.82) is 0 Å². The van der Waals surface area contributed by atoms with Crippen molar-refractivity contribution in [3.05, 3.63) is 11.8 Å². The summed E-state index contributed by atoms with van der Waals surface area (Å²) in [4.78, 5) is 13.5. The zero-order valence-electron chi connectivity index (χ0n) is 5.97. The maximum Gasteiger partial charge on any atom is 0.240 e. The average Bonchev–Trinajstić information content (AvgIpc) is 2.17. The smallest absolute Gasteiger partial charge is 0.211 e. The van der Waals surface area contributed by atoms with E-state index < -0.39 is 0 Å². The molecule has 2 heteroatoms. The summed E-state index contributed by atoms with van der Waals surface area (Å²) in [5, 5.41) is 0. The minimum absolute atomic E-state index is 0.924. The van der Waals surface area contributed by atoms with E-state index >= 15 is 0 Å². The molecule has 0 N–H and O–H groups in total. The Kier molecular flexibility index (Phi) is 2.91. The lowest BCUT2D eigenvalue weighted by Gasteiger charge is -1.91. The van der Waals surface area contributed by atoms with E-state index in [1.165, 1.54) is 12.8 Å². The molecule has 0 heterocycles. The summed E-state index contributed by atoms with van der Waals surface area (Å²) in [6.45, 7) is 0. The molecule has 2 nitrogen and oxygen atoms in total. The molecule has 0 bridgehead atoms. The van der Waals surface area contributed by atoms with Crippen molar-refractivity contribution in [3.8, 4) is 0 Å². The lowest BCUT2D eigenvalue weighted by molar-refractivity contribution is 0.564. The van der Waals surface area contributed by atoms with E-state index in [-0.39, 0.29) is 0 Å². The second kappa shape index (κ2) is 4.02. The second-order valence-corrected chi connectivity index (χ2v) is 2.50. The number of rotatable bonds is 1. The van der Waals surface area contributed by atoms with Gasteiger partial charge < -0.3 is 0 Å². The maximum absolute atomic E-state index is 9.85. The summed E-state index contributed by atoms with van der Waals surface area (Å²) in [6.07, 6.45) is 9.29. The van der Waals surface area contributed by atoms with Gasteiger partial charge in [-0.2, -0.15) is 4.99 Å². The molecule has 0 atom stereocenters. The largest absolute Gasteiger partial charge is 0.240 e. The molecule has 0 aromatic rings. The highest BCUT2D eigenvalue weighted by Gasteiger charge is 1.99. The van der Waals surface area contributed by atoms with Crippen molar-refractivity contribution in [2.75, 3.05) is 0 Å². The van der Waals surface area contributed by atoms with Crippen LogP contribution in [0.2, 0.25) is 0 Å². The van der Waals surface area contributed by atoms with Crippen LogP contribution in [0, 0.1) is 0 Å². The fraction of sp³-hybridized carbons (Fsp3) is 0.625. The summed E-state index contributed by atoms with van der Waals surface area (Å²) < 4.78 is 0. The van der Waals surface area contributed by atoms with Gasteiger partial charge in [-0.05, 0) is 25.7 Å². The van der Waals surface area contributed by atoms with Gasteiger partial charge in [0.2, 0.25) is 6.08 Å². The van der Waals surface area contributed by atoms with E-state index in [1.54, 1.807) is 6.08 Å². The maximum atomic E-state index is 9.85. The van der Waals surface area contributed by atoms with Gasteiger partial charge in [-0.15, -0.1) is 0 Å². The molecule has 0 radical (unpaired) electrons. The number of isocyanates is 1. The highest BCUT2D eigenvalue weighted by Crippen LogP contribution is 2.16. The molecule has 0 aliphatic heterocycles. The van der Waals surface area contributed by atoms with Gasteiger partial charge in [0.25, 0.3) is 0 Å². The molecule has 1 aliphatic rings.